The molecule has 0 aliphatic heterocycles. The highest BCUT2D eigenvalue weighted by Crippen LogP contribution is 2.34. The van der Waals surface area contributed by atoms with Gasteiger partial charge in [-0.15, -0.1) is 0 Å². The molecule has 1 fully saturated rings. The van der Waals surface area contributed by atoms with Gasteiger partial charge in [0.1, 0.15) is 0 Å². The number of nitrogens with two attached hydrogens (primary N) is 1. The van der Waals surface area contributed by atoms with Gasteiger partial charge in [-0.3, -0.25) is 0 Å². The van der Waals surface area contributed by atoms with Crippen LogP contribution in [0.5, 0.6) is 0 Å². The summed E-state index contributed by atoms with van der Waals surface area (Å²) in [5.74, 6) is 0.829. The molecule has 0 saturated heterocycles. The second-order valence-corrected chi connectivity index (χ2v) is 6.10. The van der Waals surface area contributed by atoms with Crippen molar-refractivity contribution in [2.75, 3.05) is 17.7 Å². The van der Waals surface area contributed by atoms with Crippen LogP contribution in [0.2, 0.25) is 5.02 Å². The first-order chi connectivity index (χ1) is 8.49. The van der Waals surface area contributed by atoms with E-state index in [1.807, 2.05) is 12.1 Å². The Balaban J connectivity index is 2.22. The molecule has 0 amide bonds. The summed E-state index contributed by atoms with van der Waals surface area (Å²) < 4.78 is 0. The first-order valence-electron chi connectivity index (χ1n) is 6.77. The molecule has 3 heteroatoms. The Morgan fingerprint density at radius 3 is 2.72 bits per heavy atom. The first kappa shape index (κ1) is 13.5. The predicted molar refractivity (Wildman–Crippen MR) is 80.4 cm³/mol. The molecule has 2 N–H and O–H groups in total. The second kappa shape index (κ2) is 5.40. The fourth-order valence-electron chi connectivity index (χ4n) is 3.02. The summed E-state index contributed by atoms with van der Waals surface area (Å²) >= 11 is 6.15. The zero-order valence-electron chi connectivity index (χ0n) is 11.5. The van der Waals surface area contributed by atoms with Gasteiger partial charge in [-0.2, -0.15) is 0 Å². The minimum absolute atomic E-state index is 0.632. The minimum Gasteiger partial charge on any atom is -0.398 e. The summed E-state index contributed by atoms with van der Waals surface area (Å²) in [4.78, 5) is 2.39. The quantitative estimate of drug-likeness (QED) is 0.811. The topological polar surface area (TPSA) is 29.3 Å². The van der Waals surface area contributed by atoms with Crippen LogP contribution in [0.25, 0.3) is 0 Å². The van der Waals surface area contributed by atoms with Gasteiger partial charge in [0.15, 0.2) is 0 Å². The summed E-state index contributed by atoms with van der Waals surface area (Å²) in [5, 5.41) is 0.659. The fraction of sp³-hybridized carbons (Fsp3) is 0.600. The summed E-state index contributed by atoms with van der Waals surface area (Å²) in [7, 11) is 2.18. The summed E-state index contributed by atoms with van der Waals surface area (Å²) in [6.07, 6.45) is 5.25. The van der Waals surface area contributed by atoms with E-state index in [4.69, 9.17) is 17.3 Å². The lowest BCUT2D eigenvalue weighted by atomic mass is 9.86. The van der Waals surface area contributed by atoms with Crippen molar-refractivity contribution in [3.8, 4) is 0 Å². The predicted octanol–water partition coefficient (Wildman–Crippen LogP) is 4.25. The van der Waals surface area contributed by atoms with Gasteiger partial charge in [0.2, 0.25) is 0 Å². The summed E-state index contributed by atoms with van der Waals surface area (Å²) in [6, 6.07) is 4.61. The van der Waals surface area contributed by atoms with E-state index >= 15 is 0 Å². The summed E-state index contributed by atoms with van der Waals surface area (Å²) in [5.41, 5.74) is 8.93. The Kier molecular flexibility index (Phi) is 4.06. The molecule has 1 aromatic rings. The lowest BCUT2D eigenvalue weighted by molar-refractivity contribution is 0.336. The molecule has 0 aromatic heterocycles. The average molecular weight is 267 g/mol. The van der Waals surface area contributed by atoms with Crippen molar-refractivity contribution < 1.29 is 0 Å². The highest BCUT2D eigenvalue weighted by atomic mass is 35.5. The van der Waals surface area contributed by atoms with E-state index in [0.717, 1.165) is 5.92 Å². The zero-order valence-corrected chi connectivity index (χ0v) is 12.3. The van der Waals surface area contributed by atoms with E-state index in [1.54, 1.807) is 0 Å². The van der Waals surface area contributed by atoms with Gasteiger partial charge in [-0.05, 0) is 43.4 Å². The van der Waals surface area contributed by atoms with E-state index in [1.165, 1.54) is 36.9 Å². The van der Waals surface area contributed by atoms with E-state index in [9.17, 15) is 0 Å². The van der Waals surface area contributed by atoms with Gasteiger partial charge in [0.05, 0.1) is 10.7 Å². The van der Waals surface area contributed by atoms with Crippen molar-refractivity contribution in [3.63, 3.8) is 0 Å². The van der Waals surface area contributed by atoms with Crippen LogP contribution >= 0.6 is 11.6 Å². The Morgan fingerprint density at radius 2 is 2.06 bits per heavy atom. The highest BCUT2D eigenvalue weighted by Gasteiger charge is 2.23. The Labute approximate surface area is 115 Å². The third-order valence-corrected chi connectivity index (χ3v) is 4.48. The van der Waals surface area contributed by atoms with Crippen molar-refractivity contribution >= 4 is 23.0 Å². The van der Waals surface area contributed by atoms with Crippen LogP contribution in [0.15, 0.2) is 12.1 Å². The molecule has 18 heavy (non-hydrogen) atoms. The van der Waals surface area contributed by atoms with Crippen LogP contribution in [0.1, 0.15) is 38.2 Å². The van der Waals surface area contributed by atoms with Crippen molar-refractivity contribution in [2.24, 2.45) is 5.92 Å². The van der Waals surface area contributed by atoms with Gasteiger partial charge in [0, 0.05) is 18.8 Å². The van der Waals surface area contributed by atoms with E-state index in [0.29, 0.717) is 16.8 Å². The lowest BCUT2D eigenvalue weighted by Crippen LogP contribution is -2.36. The number of anilines is 2. The fourth-order valence-corrected chi connectivity index (χ4v) is 3.18. The maximum atomic E-state index is 6.15. The Hall–Kier alpha value is -0.890. The Morgan fingerprint density at radius 1 is 1.33 bits per heavy atom. The first-order valence-corrected chi connectivity index (χ1v) is 7.15. The Bertz CT molecular complexity index is 431. The molecule has 100 valence electrons. The molecule has 0 radical (unpaired) electrons. The summed E-state index contributed by atoms with van der Waals surface area (Å²) in [6.45, 7) is 4.45. The smallest absolute Gasteiger partial charge is 0.0656 e. The normalized spacial score (nSPS) is 24.0. The highest BCUT2D eigenvalue weighted by molar-refractivity contribution is 6.33. The molecule has 0 spiro atoms. The van der Waals surface area contributed by atoms with Crippen molar-refractivity contribution in [1.82, 2.24) is 0 Å². The van der Waals surface area contributed by atoms with Gasteiger partial charge >= 0.3 is 0 Å². The molecule has 2 unspecified atom stereocenters. The largest absolute Gasteiger partial charge is 0.398 e. The SMILES string of the molecule is Cc1cc(N)c(Cl)cc1N(C)C1CCCC(C)C1. The number of aryl methyl sites for hydroxylation is 1. The molecule has 2 nitrogen and oxygen atoms in total. The third kappa shape index (κ3) is 2.74. The molecule has 0 bridgehead atoms. The standard InChI is InChI=1S/C15H23ClN2/c1-10-5-4-6-12(7-10)18(3)15-9-13(16)14(17)8-11(15)2/h8-10,12H,4-7,17H2,1-3H3. The molecular weight excluding hydrogens is 244 g/mol. The second-order valence-electron chi connectivity index (χ2n) is 5.70. The number of nitrogen functional groups attached to an aromatic ring is 1. The molecule has 1 aliphatic carbocycles. The van der Waals surface area contributed by atoms with Gasteiger partial charge < -0.3 is 10.6 Å². The maximum Gasteiger partial charge on any atom is 0.0656 e. The lowest BCUT2D eigenvalue weighted by Gasteiger charge is -2.36. The average Bonchev–Trinajstić information content (AvgIpc) is 2.33. The number of hydrogen-bond donors (Lipinski definition) is 1. The zero-order chi connectivity index (χ0) is 13.3. The van der Waals surface area contributed by atoms with Crippen LogP contribution in [-0.4, -0.2) is 13.1 Å². The van der Waals surface area contributed by atoms with Crippen molar-refractivity contribution in [1.29, 1.82) is 0 Å². The van der Waals surface area contributed by atoms with Gasteiger partial charge in [-0.25, -0.2) is 0 Å². The number of nitrogens with zero attached hydrogens (tertiary/aromatic N) is 1. The number of halogens is 1. The molecule has 2 rings (SSSR count). The molecule has 0 heterocycles. The van der Waals surface area contributed by atoms with Crippen LogP contribution in [-0.2, 0) is 0 Å². The molecular formula is C15H23ClN2. The van der Waals surface area contributed by atoms with Crippen LogP contribution < -0.4 is 10.6 Å². The van der Waals surface area contributed by atoms with Crippen LogP contribution in [0.4, 0.5) is 11.4 Å². The molecule has 1 aliphatic rings. The maximum absolute atomic E-state index is 6.15. The van der Waals surface area contributed by atoms with Crippen LogP contribution in [0.3, 0.4) is 0 Å². The van der Waals surface area contributed by atoms with E-state index in [2.05, 4.69) is 25.8 Å². The molecule has 1 saturated carbocycles. The van der Waals surface area contributed by atoms with Crippen molar-refractivity contribution in [2.45, 2.75) is 45.6 Å². The molecule has 1 aromatic carbocycles. The van der Waals surface area contributed by atoms with Gasteiger partial charge in [-0.1, -0.05) is 31.4 Å². The molecule has 2 atom stereocenters. The van der Waals surface area contributed by atoms with E-state index < -0.39 is 0 Å². The number of rotatable bonds is 2. The van der Waals surface area contributed by atoms with Crippen LogP contribution in [0, 0.1) is 12.8 Å². The third-order valence-electron chi connectivity index (χ3n) is 4.15. The number of benzene rings is 1. The van der Waals surface area contributed by atoms with Crippen molar-refractivity contribution in [3.05, 3.63) is 22.7 Å². The number of hydrogen-bond acceptors (Lipinski definition) is 2. The monoisotopic (exact) mass is 266 g/mol. The van der Waals surface area contributed by atoms with E-state index in [-0.39, 0.29) is 0 Å². The van der Waals surface area contributed by atoms with Gasteiger partial charge in [0.25, 0.3) is 0 Å². The minimum atomic E-state index is 0.632.